The summed E-state index contributed by atoms with van der Waals surface area (Å²) in [5.41, 5.74) is 0. The fourth-order valence-electron chi connectivity index (χ4n) is 0.922. The molecule has 0 saturated carbocycles. The summed E-state index contributed by atoms with van der Waals surface area (Å²) in [4.78, 5) is 0. The van der Waals surface area contributed by atoms with E-state index in [9.17, 15) is 0 Å². The molecule has 0 amide bonds. The Morgan fingerprint density at radius 1 is 0.526 bits per heavy atom. The van der Waals surface area contributed by atoms with Gasteiger partial charge in [0.15, 0.2) is 0 Å². The van der Waals surface area contributed by atoms with Gasteiger partial charge in [0.1, 0.15) is 5.15 Å². The van der Waals surface area contributed by atoms with Crippen LogP contribution in [0.5, 0.6) is 0 Å². The predicted octanol–water partition coefficient (Wildman–Crippen LogP) is 10.4. The average molecular weight is 1720 g/mol. The van der Waals surface area contributed by atoms with Gasteiger partial charge < -0.3 is 0 Å². The van der Waals surface area contributed by atoms with Crippen LogP contribution in [0.3, 0.4) is 0 Å². The van der Waals surface area contributed by atoms with Gasteiger partial charge in [0.2, 0.25) is 0 Å². The van der Waals surface area contributed by atoms with Crippen molar-refractivity contribution in [3.8, 4) is 0 Å². The first-order chi connectivity index (χ1) is 7.94. The minimum atomic E-state index is 0.0747. The second kappa shape index (κ2) is 10.7. The van der Waals surface area contributed by atoms with Crippen LogP contribution in [0.2, 0.25) is 0 Å². The van der Waals surface area contributed by atoms with Gasteiger partial charge in [0, 0.05) is 0 Å². The summed E-state index contributed by atoms with van der Waals surface area (Å²) in [7, 11) is 0. The molecule has 0 aliphatic heterocycles. The van der Waals surface area contributed by atoms with Crippen LogP contribution in [-0.2, 0) is 0 Å². The zero-order valence-electron chi connectivity index (χ0n) is 7.99. The lowest BCUT2D eigenvalue weighted by Gasteiger charge is -2.55. The van der Waals surface area contributed by atoms with Gasteiger partial charge >= 0.3 is 0 Å². The van der Waals surface area contributed by atoms with E-state index in [1.54, 1.807) is 0 Å². The van der Waals surface area contributed by atoms with Gasteiger partial charge in [-0.25, -0.2) is 0 Å². The van der Waals surface area contributed by atoms with Crippen molar-refractivity contribution in [3.63, 3.8) is 0 Å². The Kier molecular flexibility index (Phi) is 16.0. The molecule has 0 spiro atoms. The van der Waals surface area contributed by atoms with Crippen LogP contribution < -0.4 is 0 Å². The van der Waals surface area contributed by atoms with Crippen molar-refractivity contribution in [1.82, 2.24) is 0 Å². The topological polar surface area (TPSA) is 0 Å². The van der Waals surface area contributed by atoms with Gasteiger partial charge in [-0.05, 0) is 0 Å². The van der Waals surface area contributed by atoms with Gasteiger partial charge in [0.05, 0.1) is 1.93 Å². The molecular weight excluding hydrogens is 1720 g/mol. The lowest BCUT2D eigenvalue weighted by molar-refractivity contribution is 0.667. The third-order valence-electron chi connectivity index (χ3n) is 1.91. The number of alkyl halides is 13. The maximum atomic E-state index is 2.73. The van der Waals surface area contributed by atoms with Crippen LogP contribution >= 0.6 is 294 Å². The SMILES string of the molecule is IC(I)C(I)(I)C(I)(C(I)(I)I)C(I)(I)C(I)(I)I. The second-order valence-electron chi connectivity index (χ2n) is 3.15. The molecule has 0 heterocycles. The molecular formula is C6HI13. The molecule has 0 saturated heterocycles. The Morgan fingerprint density at radius 3 is 1.00 bits per heavy atom. The van der Waals surface area contributed by atoms with E-state index >= 15 is 0 Å². The van der Waals surface area contributed by atoms with Crippen molar-refractivity contribution in [2.45, 2.75) is 7.08 Å². The molecule has 0 nitrogen and oxygen atoms in total. The highest BCUT2D eigenvalue weighted by molar-refractivity contribution is 14.3. The first-order valence-corrected chi connectivity index (χ1v) is 18.2. The summed E-state index contributed by atoms with van der Waals surface area (Å²) in [5, 5.41) is 0. The Hall–Kier alpha value is 9.49. The highest BCUT2D eigenvalue weighted by atomic mass is 127. The van der Waals surface area contributed by atoms with E-state index in [2.05, 4.69) is 294 Å². The van der Waals surface area contributed by atoms with Crippen LogP contribution in [0.4, 0.5) is 0 Å². The predicted molar refractivity (Wildman–Crippen MR) is 200 cm³/mol. The van der Waals surface area contributed by atoms with Gasteiger partial charge in [-0.1, -0.05) is 294 Å². The van der Waals surface area contributed by atoms with Crippen LogP contribution in [0.25, 0.3) is 0 Å². The summed E-state index contributed by atoms with van der Waals surface area (Å²) in [6.07, 6.45) is 0. The number of hydrogen-bond donors (Lipinski definition) is 0. The maximum absolute atomic E-state index is 2.73. The number of halogens is 13. The van der Waals surface area contributed by atoms with Crippen molar-refractivity contribution in [2.24, 2.45) is 0 Å². The van der Waals surface area contributed by atoms with Gasteiger partial charge in [-0.2, -0.15) is 0 Å². The summed E-state index contributed by atoms with van der Waals surface area (Å²) < 4.78 is 1.05. The molecule has 0 rings (SSSR count). The summed E-state index contributed by atoms with van der Waals surface area (Å²) in [5.74, 6) is 0. The molecule has 0 radical (unpaired) electrons. The molecule has 0 aliphatic carbocycles. The minimum Gasteiger partial charge on any atom is -0.0708 e. The van der Waals surface area contributed by atoms with E-state index in [0.29, 0.717) is 1.93 Å². The van der Waals surface area contributed by atoms with E-state index in [1.165, 1.54) is 0 Å². The third-order valence-corrected chi connectivity index (χ3v) is 35.4. The van der Waals surface area contributed by atoms with Crippen LogP contribution in [0.1, 0.15) is 0 Å². The van der Waals surface area contributed by atoms with Gasteiger partial charge in [-0.3, -0.25) is 0 Å². The molecule has 0 aliphatic rings. The fourth-order valence-corrected chi connectivity index (χ4v) is 20.5. The molecule has 0 fully saturated rings. The molecule has 1 atom stereocenters. The molecule has 116 valence electrons. The van der Waals surface area contributed by atoms with Crippen LogP contribution in [0.15, 0.2) is 0 Å². The van der Waals surface area contributed by atoms with E-state index in [1.807, 2.05) is 0 Å². The molecule has 13 heteroatoms. The first-order valence-electron chi connectivity index (χ1n) is 3.80. The quantitative estimate of drug-likeness (QED) is 0.190. The van der Waals surface area contributed by atoms with Crippen molar-refractivity contribution in [1.29, 1.82) is 0 Å². The van der Waals surface area contributed by atoms with Crippen LogP contribution in [0, 0.1) is 0 Å². The summed E-state index contributed by atoms with van der Waals surface area (Å²) in [6, 6.07) is 0. The van der Waals surface area contributed by atoms with Crippen molar-refractivity contribution >= 4 is 294 Å². The molecule has 0 aromatic rings. The van der Waals surface area contributed by atoms with E-state index in [-0.39, 0.29) is 5.15 Å². The third kappa shape index (κ3) is 6.74. The first kappa shape index (κ1) is 28.5. The smallest absolute Gasteiger partial charge is 0.0708 e. The lowest BCUT2D eigenvalue weighted by atomic mass is 10.1. The zero-order chi connectivity index (χ0) is 16.1. The normalized spacial score (nSPS) is 18.6. The minimum absolute atomic E-state index is 0.0747. The van der Waals surface area contributed by atoms with Crippen molar-refractivity contribution < 1.29 is 0 Å². The standard InChI is InChI=1S/C6HI13/c7-1(8)2(9,10)3(11,5(14,15)16)4(12,13)6(17,18)19/h1H. The highest BCUT2D eigenvalue weighted by Crippen LogP contribution is 2.75. The molecule has 1 unspecified atom stereocenters. The average Bonchev–Trinajstić information content (AvgIpc) is 2.11. The van der Waals surface area contributed by atoms with Crippen LogP contribution in [-0.4, -0.2) is 7.08 Å². The number of hydrogen-bond acceptors (Lipinski definition) is 0. The lowest BCUT2D eigenvalue weighted by Crippen LogP contribution is -2.65. The van der Waals surface area contributed by atoms with Crippen molar-refractivity contribution in [2.75, 3.05) is 0 Å². The second-order valence-corrected chi connectivity index (χ2v) is 42.5. The Balaban J connectivity index is 6.30. The van der Waals surface area contributed by atoms with Crippen molar-refractivity contribution in [3.05, 3.63) is 0 Å². The Labute approximate surface area is 291 Å². The summed E-state index contributed by atoms with van der Waals surface area (Å²) >= 11 is 34.1. The van der Waals surface area contributed by atoms with Gasteiger partial charge in [-0.15, -0.1) is 0 Å². The Morgan fingerprint density at radius 2 is 0.842 bits per heavy atom. The Bertz CT molecular complexity index is 321. The molecule has 0 N–H and O–H groups in total. The largest absolute Gasteiger partial charge is 0.149 e. The zero-order valence-corrected chi connectivity index (χ0v) is 36.0. The van der Waals surface area contributed by atoms with E-state index in [4.69, 9.17) is 0 Å². The molecule has 0 aromatic carbocycles. The molecule has 0 bridgehead atoms. The molecule has 0 aromatic heterocycles. The monoisotopic (exact) mass is 1720 g/mol. The van der Waals surface area contributed by atoms with E-state index in [0.717, 1.165) is 0 Å². The van der Waals surface area contributed by atoms with E-state index < -0.39 is 0 Å². The summed E-state index contributed by atoms with van der Waals surface area (Å²) in [6.45, 7) is 0. The molecule has 19 heavy (non-hydrogen) atoms. The van der Waals surface area contributed by atoms with Gasteiger partial charge in [0.25, 0.3) is 0 Å². The highest BCUT2D eigenvalue weighted by Gasteiger charge is 2.72. The fraction of sp³-hybridized carbons (Fsp3) is 1.00. The number of rotatable bonds is 5. The maximum Gasteiger partial charge on any atom is 0.149 e.